The summed E-state index contributed by atoms with van der Waals surface area (Å²) in [5, 5.41) is 2.93. The van der Waals surface area contributed by atoms with Crippen molar-refractivity contribution >= 4 is 11.9 Å². The van der Waals surface area contributed by atoms with E-state index in [-0.39, 0.29) is 24.3 Å². The van der Waals surface area contributed by atoms with E-state index in [1.807, 2.05) is 18.4 Å². The first-order chi connectivity index (χ1) is 10.5. The van der Waals surface area contributed by atoms with Gasteiger partial charge in [-0.2, -0.15) is 0 Å². The standard InChI is InChI=1S/C16H25N3O3/c1-12(2)14-17-9-10-19(14)11-13(20)18-16(15(21)22-3)7-5-4-6-8-16/h9-10,12H,4-8,11H2,1-3H3,(H,18,20). The Balaban J connectivity index is 2.08. The summed E-state index contributed by atoms with van der Waals surface area (Å²) in [5.41, 5.74) is -0.858. The van der Waals surface area contributed by atoms with Crippen LogP contribution in [0.1, 0.15) is 57.7 Å². The SMILES string of the molecule is COC(=O)C1(NC(=O)Cn2ccnc2C(C)C)CCCCC1. The third-order valence-electron chi connectivity index (χ3n) is 4.24. The van der Waals surface area contributed by atoms with E-state index < -0.39 is 5.54 Å². The van der Waals surface area contributed by atoms with E-state index in [0.29, 0.717) is 12.8 Å². The van der Waals surface area contributed by atoms with Crippen molar-refractivity contribution in [2.75, 3.05) is 7.11 Å². The molecule has 1 aromatic heterocycles. The fourth-order valence-corrected chi connectivity index (χ4v) is 3.15. The van der Waals surface area contributed by atoms with Crippen LogP contribution in [0.25, 0.3) is 0 Å². The Morgan fingerprint density at radius 2 is 2.05 bits per heavy atom. The van der Waals surface area contributed by atoms with Gasteiger partial charge in [0.15, 0.2) is 0 Å². The van der Waals surface area contributed by atoms with Gasteiger partial charge in [0.1, 0.15) is 17.9 Å². The lowest BCUT2D eigenvalue weighted by Crippen LogP contribution is -2.56. The van der Waals surface area contributed by atoms with E-state index in [1.165, 1.54) is 7.11 Å². The van der Waals surface area contributed by atoms with E-state index in [0.717, 1.165) is 25.1 Å². The number of esters is 1. The second kappa shape index (κ2) is 6.94. The molecule has 1 heterocycles. The van der Waals surface area contributed by atoms with E-state index in [1.54, 1.807) is 12.4 Å². The lowest BCUT2D eigenvalue weighted by Gasteiger charge is -2.35. The molecule has 0 spiro atoms. The fourth-order valence-electron chi connectivity index (χ4n) is 3.15. The third-order valence-corrected chi connectivity index (χ3v) is 4.24. The van der Waals surface area contributed by atoms with Gasteiger partial charge in [-0.05, 0) is 12.8 Å². The van der Waals surface area contributed by atoms with Crippen molar-refractivity contribution in [2.24, 2.45) is 0 Å². The number of carbonyl (C=O) groups excluding carboxylic acids is 2. The van der Waals surface area contributed by atoms with Crippen molar-refractivity contribution < 1.29 is 14.3 Å². The molecule has 122 valence electrons. The lowest BCUT2D eigenvalue weighted by atomic mass is 9.81. The minimum atomic E-state index is -0.858. The smallest absolute Gasteiger partial charge is 0.331 e. The molecule has 1 saturated carbocycles. The van der Waals surface area contributed by atoms with Crippen LogP contribution in [0, 0.1) is 0 Å². The van der Waals surface area contributed by atoms with E-state index in [4.69, 9.17) is 4.74 Å². The molecule has 0 atom stereocenters. The second-order valence-corrected chi connectivity index (χ2v) is 6.25. The van der Waals surface area contributed by atoms with Crippen LogP contribution in [-0.2, 0) is 20.9 Å². The summed E-state index contributed by atoms with van der Waals surface area (Å²) in [7, 11) is 1.37. The largest absolute Gasteiger partial charge is 0.467 e. The quantitative estimate of drug-likeness (QED) is 0.844. The first kappa shape index (κ1) is 16.5. The molecule has 1 amide bonds. The number of aromatic nitrogens is 2. The highest BCUT2D eigenvalue weighted by atomic mass is 16.5. The average molecular weight is 307 g/mol. The van der Waals surface area contributed by atoms with Crippen molar-refractivity contribution in [1.29, 1.82) is 0 Å². The molecule has 0 aromatic carbocycles. The molecule has 1 fully saturated rings. The Bertz CT molecular complexity index is 530. The number of ether oxygens (including phenoxy) is 1. The summed E-state index contributed by atoms with van der Waals surface area (Å²) >= 11 is 0. The van der Waals surface area contributed by atoms with Crippen LogP contribution in [-0.4, -0.2) is 34.1 Å². The highest BCUT2D eigenvalue weighted by molar-refractivity contribution is 5.88. The molecule has 6 nitrogen and oxygen atoms in total. The molecule has 0 saturated heterocycles. The second-order valence-electron chi connectivity index (χ2n) is 6.25. The Labute approximate surface area is 131 Å². The summed E-state index contributed by atoms with van der Waals surface area (Å²) < 4.78 is 6.75. The zero-order valence-corrected chi connectivity index (χ0v) is 13.6. The highest BCUT2D eigenvalue weighted by Gasteiger charge is 2.41. The number of rotatable bonds is 5. The van der Waals surface area contributed by atoms with Gasteiger partial charge in [0, 0.05) is 18.3 Å². The van der Waals surface area contributed by atoms with Crippen LogP contribution in [0.5, 0.6) is 0 Å². The first-order valence-corrected chi connectivity index (χ1v) is 7.89. The number of methoxy groups -OCH3 is 1. The van der Waals surface area contributed by atoms with Crippen LogP contribution >= 0.6 is 0 Å². The monoisotopic (exact) mass is 307 g/mol. The molecular weight excluding hydrogens is 282 g/mol. The van der Waals surface area contributed by atoms with Gasteiger partial charge in [-0.3, -0.25) is 4.79 Å². The predicted octanol–water partition coefficient (Wildman–Crippen LogP) is 2.00. The average Bonchev–Trinajstić information content (AvgIpc) is 2.95. The van der Waals surface area contributed by atoms with Gasteiger partial charge in [-0.25, -0.2) is 9.78 Å². The number of nitrogens with zero attached hydrogens (tertiary/aromatic N) is 2. The Morgan fingerprint density at radius 1 is 1.36 bits per heavy atom. The van der Waals surface area contributed by atoms with Gasteiger partial charge in [0.05, 0.1) is 7.11 Å². The number of amides is 1. The molecule has 1 aliphatic carbocycles. The van der Waals surface area contributed by atoms with Crippen LogP contribution < -0.4 is 5.32 Å². The van der Waals surface area contributed by atoms with Crippen LogP contribution in [0.3, 0.4) is 0 Å². The van der Waals surface area contributed by atoms with E-state index >= 15 is 0 Å². The van der Waals surface area contributed by atoms with Crippen molar-refractivity contribution in [2.45, 2.75) is 64.0 Å². The van der Waals surface area contributed by atoms with Gasteiger partial charge >= 0.3 is 5.97 Å². The number of imidazole rings is 1. The molecule has 0 unspecified atom stereocenters. The Hall–Kier alpha value is -1.85. The molecule has 1 N–H and O–H groups in total. The minimum absolute atomic E-state index is 0.173. The first-order valence-electron chi connectivity index (χ1n) is 7.89. The maximum Gasteiger partial charge on any atom is 0.331 e. The van der Waals surface area contributed by atoms with Gasteiger partial charge < -0.3 is 14.6 Å². The van der Waals surface area contributed by atoms with Gasteiger partial charge in [0.2, 0.25) is 5.91 Å². The van der Waals surface area contributed by atoms with Crippen LogP contribution in [0.2, 0.25) is 0 Å². The van der Waals surface area contributed by atoms with Gasteiger partial charge in [-0.15, -0.1) is 0 Å². The van der Waals surface area contributed by atoms with Crippen molar-refractivity contribution in [3.63, 3.8) is 0 Å². The summed E-state index contributed by atoms with van der Waals surface area (Å²) in [6.07, 6.45) is 7.72. The predicted molar refractivity (Wildman–Crippen MR) is 82.3 cm³/mol. The highest BCUT2D eigenvalue weighted by Crippen LogP contribution is 2.29. The summed E-state index contributed by atoms with van der Waals surface area (Å²) in [5.74, 6) is 0.598. The number of carbonyl (C=O) groups is 2. The Morgan fingerprint density at radius 3 is 2.64 bits per heavy atom. The van der Waals surface area contributed by atoms with Crippen LogP contribution in [0.15, 0.2) is 12.4 Å². The van der Waals surface area contributed by atoms with Crippen molar-refractivity contribution in [1.82, 2.24) is 14.9 Å². The molecule has 0 bridgehead atoms. The van der Waals surface area contributed by atoms with Gasteiger partial charge in [0.25, 0.3) is 0 Å². The molecule has 0 aliphatic heterocycles. The maximum absolute atomic E-state index is 12.4. The fraction of sp³-hybridized carbons (Fsp3) is 0.688. The number of hydrogen-bond donors (Lipinski definition) is 1. The molecule has 0 radical (unpaired) electrons. The number of nitrogens with one attached hydrogen (secondary N) is 1. The molecule has 6 heteroatoms. The summed E-state index contributed by atoms with van der Waals surface area (Å²) in [6, 6.07) is 0. The summed E-state index contributed by atoms with van der Waals surface area (Å²) in [6.45, 7) is 4.24. The molecule has 1 aliphatic rings. The molecular formula is C16H25N3O3. The van der Waals surface area contributed by atoms with Crippen molar-refractivity contribution in [3.8, 4) is 0 Å². The minimum Gasteiger partial charge on any atom is -0.467 e. The molecule has 22 heavy (non-hydrogen) atoms. The summed E-state index contributed by atoms with van der Waals surface area (Å²) in [4.78, 5) is 28.8. The molecule has 1 aromatic rings. The van der Waals surface area contributed by atoms with E-state index in [9.17, 15) is 9.59 Å². The lowest BCUT2D eigenvalue weighted by molar-refractivity contribution is -0.152. The molecule has 2 rings (SSSR count). The van der Waals surface area contributed by atoms with E-state index in [2.05, 4.69) is 10.3 Å². The number of hydrogen-bond acceptors (Lipinski definition) is 4. The third kappa shape index (κ3) is 3.48. The maximum atomic E-state index is 12.4. The van der Waals surface area contributed by atoms with Gasteiger partial charge in [-0.1, -0.05) is 33.1 Å². The zero-order chi connectivity index (χ0) is 16.2. The van der Waals surface area contributed by atoms with Crippen molar-refractivity contribution in [3.05, 3.63) is 18.2 Å². The zero-order valence-electron chi connectivity index (χ0n) is 13.6. The van der Waals surface area contributed by atoms with Crippen LogP contribution in [0.4, 0.5) is 0 Å². The Kier molecular flexibility index (Phi) is 5.21. The normalized spacial score (nSPS) is 17.3. The topological polar surface area (TPSA) is 73.2 Å².